The minimum Gasteiger partial charge on any atom is -0.444 e. The highest BCUT2D eigenvalue weighted by Gasteiger charge is 2.31. The summed E-state index contributed by atoms with van der Waals surface area (Å²) in [4.78, 5) is 94.6. The van der Waals surface area contributed by atoms with Crippen LogP contribution in [-0.4, -0.2) is 111 Å². The molecule has 120 heavy (non-hydrogen) atoms. The van der Waals surface area contributed by atoms with Crippen LogP contribution in [0.15, 0.2) is 161 Å². The third kappa shape index (κ3) is 21.4. The third-order valence-electron chi connectivity index (χ3n) is 20.4. The highest BCUT2D eigenvalue weighted by Crippen LogP contribution is 2.34. The molecule has 12 heterocycles. The summed E-state index contributed by atoms with van der Waals surface area (Å²) >= 11 is 6.08. The van der Waals surface area contributed by atoms with Gasteiger partial charge in [-0.3, -0.25) is 29.3 Å². The molecular weight excluding hydrogens is 1600 g/mol. The van der Waals surface area contributed by atoms with Crippen molar-refractivity contribution < 1.29 is 19.1 Å². The fraction of sp³-hybridized carbons (Fsp3) is 0.418. The highest BCUT2D eigenvalue weighted by atomic mass is 35.5. The number of nitrogens with one attached hydrogen (secondary N) is 3. The van der Waals surface area contributed by atoms with Crippen LogP contribution in [-0.2, 0) is 64.6 Å². The second kappa shape index (κ2) is 37.2. The Balaban J connectivity index is 0.000000188. The molecule has 0 saturated heterocycles. The van der Waals surface area contributed by atoms with E-state index in [9.17, 15) is 24.0 Å². The molecule has 15 rings (SSSR count). The number of benzene rings is 3. The standard InChI is InChI=1S/C32H40N6O3.C27H32N6O.C18H21ClN4O.C14H20N2O2.3ClH/c1-20(2)37-29(39)25-18-34-28(17-26(25)38(37)24-11-13-33-27(16-24)31(3,4)5)35-23-10-9-21-12-14-36(19-22(21)15-23)30(40)41-32(6,7)8;1-17(2)32-26(34)22-16-30-25(31-20-7-6-18-8-10-28-15-19(18)12-20)14-23(22)33(32)21-9-11-29-24(13-21)27(3,4)5;1-11(2)22-17(24)13-10-21-16(19)9-14(13)23(22)12-6-7-20-15(8-12)18(3,4)5;1-14(2,3)18-13(17)16-7-6-10-4-5-12(15)8-11(10)9-16;;;/h9-11,13,15-18,20H,12,14,19H2,1-8H3,(H,34,35);6-7,9,11-14,16-17,28H,8,10,15H2,1-5H3,(H,30,31);6-11H,1-5H3;4-5,8H,6-7,9,15H2,1-3H3;3*1H. The van der Waals surface area contributed by atoms with Crippen LogP contribution in [0.2, 0.25) is 5.15 Å². The summed E-state index contributed by atoms with van der Waals surface area (Å²) in [7, 11) is 0. The molecule has 3 aliphatic rings. The van der Waals surface area contributed by atoms with Crippen LogP contribution in [0.3, 0.4) is 0 Å². The van der Waals surface area contributed by atoms with Crippen molar-refractivity contribution in [2.24, 2.45) is 0 Å². The molecular formula is C91H116Cl4N18O7. The Bertz CT molecular complexity index is 5900. The van der Waals surface area contributed by atoms with Crippen molar-refractivity contribution in [2.75, 3.05) is 36.0 Å². The molecule has 3 aromatic carbocycles. The van der Waals surface area contributed by atoms with Crippen molar-refractivity contribution in [2.45, 2.75) is 230 Å². The number of anilines is 5. The van der Waals surface area contributed by atoms with Crippen LogP contribution < -0.4 is 38.4 Å². The number of carbonyl (C=O) groups is 2. The largest absolute Gasteiger partial charge is 0.444 e. The summed E-state index contributed by atoms with van der Waals surface area (Å²) in [5, 5.41) is 12.4. The van der Waals surface area contributed by atoms with E-state index in [1.54, 1.807) is 60.9 Å². The summed E-state index contributed by atoms with van der Waals surface area (Å²) in [6, 6.07) is 36.0. The number of amides is 2. The Morgan fingerprint density at radius 3 is 1.16 bits per heavy atom. The van der Waals surface area contributed by atoms with Crippen molar-refractivity contribution in [3.63, 3.8) is 0 Å². The van der Waals surface area contributed by atoms with E-state index in [2.05, 4.69) is 145 Å². The second-order valence-corrected chi connectivity index (χ2v) is 36.7. The minimum absolute atomic E-state index is 0. The summed E-state index contributed by atoms with van der Waals surface area (Å²) in [5.74, 6) is 1.33. The zero-order chi connectivity index (χ0) is 84.7. The Labute approximate surface area is 726 Å². The van der Waals surface area contributed by atoms with Gasteiger partial charge in [0.2, 0.25) is 0 Å². The van der Waals surface area contributed by atoms with Gasteiger partial charge in [0.1, 0.15) is 28.0 Å². The molecule has 9 aromatic heterocycles. The van der Waals surface area contributed by atoms with E-state index < -0.39 is 11.2 Å². The molecule has 29 heteroatoms. The maximum Gasteiger partial charge on any atom is 0.410 e. The molecule has 0 radical (unpaired) electrons. The maximum atomic E-state index is 13.5. The first-order valence-electron chi connectivity index (χ1n) is 40.3. The first kappa shape index (κ1) is 93.3. The maximum absolute atomic E-state index is 13.5. The number of pyridine rings is 6. The lowest BCUT2D eigenvalue weighted by Gasteiger charge is -2.31. The number of hydrogen-bond acceptors (Lipinski definition) is 17. The molecule has 12 aromatic rings. The average Bonchev–Trinajstić information content (AvgIpc) is 1.61. The first-order chi connectivity index (χ1) is 55.0. The van der Waals surface area contributed by atoms with Crippen LogP contribution in [0, 0.1) is 0 Å². The van der Waals surface area contributed by atoms with Crippen molar-refractivity contribution in [1.29, 1.82) is 0 Å². The van der Waals surface area contributed by atoms with Gasteiger partial charge in [-0.1, -0.05) is 92.1 Å². The normalized spacial score (nSPS) is 13.4. The van der Waals surface area contributed by atoms with E-state index in [4.69, 9.17) is 26.8 Å². The average molecular weight is 1720 g/mol. The van der Waals surface area contributed by atoms with Gasteiger partial charge in [-0.2, -0.15) is 0 Å². The zero-order valence-corrected chi connectivity index (χ0v) is 76.0. The number of fused-ring (bicyclic) bond motifs is 6. The van der Waals surface area contributed by atoms with Gasteiger partial charge in [-0.15, -0.1) is 37.2 Å². The summed E-state index contributed by atoms with van der Waals surface area (Å²) in [5.41, 5.74) is 22.1. The fourth-order valence-corrected chi connectivity index (χ4v) is 14.7. The van der Waals surface area contributed by atoms with Crippen LogP contribution in [0.1, 0.15) is 214 Å². The lowest BCUT2D eigenvalue weighted by molar-refractivity contribution is 0.0214. The topological polar surface area (TPSA) is 279 Å². The molecule has 5 N–H and O–H groups in total. The van der Waals surface area contributed by atoms with Gasteiger partial charge in [-0.05, 0) is 215 Å². The predicted octanol–water partition coefficient (Wildman–Crippen LogP) is 19.3. The van der Waals surface area contributed by atoms with E-state index in [-0.39, 0.29) is 100 Å². The van der Waals surface area contributed by atoms with Crippen molar-refractivity contribution >= 4 is 122 Å². The Kier molecular flexibility index (Phi) is 28.9. The number of ether oxygens (including phenoxy) is 2. The number of rotatable bonds is 10. The van der Waals surface area contributed by atoms with E-state index >= 15 is 0 Å². The molecule has 3 aliphatic heterocycles. The minimum atomic E-state index is -0.537. The van der Waals surface area contributed by atoms with Gasteiger partial charge >= 0.3 is 12.2 Å². The molecule has 25 nitrogen and oxygen atoms in total. The summed E-state index contributed by atoms with van der Waals surface area (Å²) in [6.07, 6.45) is 12.4. The zero-order valence-electron chi connectivity index (χ0n) is 72.8. The van der Waals surface area contributed by atoms with Crippen LogP contribution in [0.4, 0.5) is 38.3 Å². The Hall–Kier alpha value is -10.6. The van der Waals surface area contributed by atoms with Gasteiger partial charge in [-0.25, -0.2) is 52.6 Å². The van der Waals surface area contributed by atoms with Gasteiger partial charge < -0.3 is 41.0 Å². The first-order valence-corrected chi connectivity index (χ1v) is 40.6. The molecule has 0 atom stereocenters. The van der Waals surface area contributed by atoms with Gasteiger partial charge in [0.25, 0.3) is 16.7 Å². The quantitative estimate of drug-likeness (QED) is 0.0731. The van der Waals surface area contributed by atoms with Crippen molar-refractivity contribution in [3.05, 3.63) is 233 Å². The fourth-order valence-electron chi connectivity index (χ4n) is 14.6. The highest BCUT2D eigenvalue weighted by molar-refractivity contribution is 6.30. The van der Waals surface area contributed by atoms with Crippen LogP contribution in [0.5, 0.6) is 0 Å². The van der Waals surface area contributed by atoms with E-state index in [1.165, 1.54) is 22.3 Å². The van der Waals surface area contributed by atoms with E-state index in [1.807, 2.05) is 170 Å². The number of nitrogen functional groups attached to an aromatic ring is 1. The number of halogens is 4. The molecule has 0 bridgehead atoms. The monoisotopic (exact) mass is 1710 g/mol. The number of aromatic nitrogens is 12. The predicted molar refractivity (Wildman–Crippen MR) is 490 cm³/mol. The molecule has 640 valence electrons. The lowest BCUT2D eigenvalue weighted by atomic mass is 9.91. The summed E-state index contributed by atoms with van der Waals surface area (Å²) < 4.78 is 22.1. The molecule has 0 unspecified atom stereocenters. The molecule has 0 aliphatic carbocycles. The number of hydrogen-bond donors (Lipinski definition) is 4. The van der Waals surface area contributed by atoms with Gasteiger partial charge in [0.15, 0.2) is 0 Å². The molecule has 2 amide bonds. The smallest absolute Gasteiger partial charge is 0.410 e. The molecule has 0 spiro atoms. The van der Waals surface area contributed by atoms with Crippen LogP contribution >= 0.6 is 48.8 Å². The third-order valence-corrected chi connectivity index (χ3v) is 20.6. The number of nitrogens with zero attached hydrogens (tertiary/aromatic N) is 14. The number of nitrogens with two attached hydrogens (primary N) is 1. The number of carbonyl (C=O) groups excluding carboxylic acids is 2. The molecule has 0 fully saturated rings. The van der Waals surface area contributed by atoms with E-state index in [0.29, 0.717) is 59.1 Å². The van der Waals surface area contributed by atoms with Crippen molar-refractivity contribution in [3.8, 4) is 17.1 Å². The van der Waals surface area contributed by atoms with Gasteiger partial charge in [0.05, 0.1) is 49.8 Å². The lowest BCUT2D eigenvalue weighted by Crippen LogP contribution is -2.39. The van der Waals surface area contributed by atoms with Crippen molar-refractivity contribution in [1.82, 2.24) is 73.1 Å². The summed E-state index contributed by atoms with van der Waals surface area (Å²) in [6.45, 7) is 46.7. The molecule has 0 saturated carbocycles. The van der Waals surface area contributed by atoms with Gasteiger partial charge in [0, 0.05) is 157 Å². The Morgan fingerprint density at radius 2 is 0.783 bits per heavy atom. The SMILES string of the molecule is CC(C)(C)OC(=O)N1CCc2ccc(N)cc2C1.CC(C)n1c(=O)c2cnc(Cl)cc2n1-c1ccnc(C(C)(C)C)c1.CC(C)n1c(=O)c2cnc(Nc3ccc4c(c3)CN(C(=O)OC(C)(C)C)CC4)cc2n1-c1ccnc(C(C)(C)C)c1.CC(C)n1c(=O)c2cnc(Nc3ccc4c(c3)CNCC4)cc2n1-c1ccnc(C(C)(C)C)c1.Cl.Cl.Cl. The second-order valence-electron chi connectivity index (χ2n) is 36.3. The van der Waals surface area contributed by atoms with Crippen LogP contribution in [0.25, 0.3) is 49.8 Å². The Morgan fingerprint density at radius 1 is 0.433 bits per heavy atom. The van der Waals surface area contributed by atoms with E-state index in [0.717, 1.165) is 111 Å².